The number of carbonyl (C=O) groups is 1. The predicted molar refractivity (Wildman–Crippen MR) is 119 cm³/mol. The molecule has 6 heteroatoms. The van der Waals surface area contributed by atoms with Crippen LogP contribution in [0.3, 0.4) is 0 Å². The van der Waals surface area contributed by atoms with Gasteiger partial charge in [0, 0.05) is 17.5 Å². The molecule has 0 aliphatic heterocycles. The fourth-order valence-corrected chi connectivity index (χ4v) is 3.59. The molecule has 3 N–H and O–H groups in total. The number of ether oxygens (including phenoxy) is 2. The number of benzene rings is 2. The summed E-state index contributed by atoms with van der Waals surface area (Å²) in [5.74, 6) is 1.43. The van der Waals surface area contributed by atoms with Crippen LogP contribution in [-0.4, -0.2) is 38.2 Å². The number of fused-ring (bicyclic) bond motifs is 1. The first-order valence-corrected chi connectivity index (χ1v) is 10.3. The van der Waals surface area contributed by atoms with E-state index in [4.69, 9.17) is 14.5 Å². The number of pyridine rings is 1. The van der Waals surface area contributed by atoms with Gasteiger partial charge in [0.25, 0.3) is 5.91 Å². The summed E-state index contributed by atoms with van der Waals surface area (Å²) < 4.78 is 10.6. The molecule has 0 spiro atoms. The maximum atomic E-state index is 12.6. The standard InChI is InChI=1S/C24H29N3O3/c1-5-19-16(2)24(18-8-6-7-9-20(18)26-19)27-23(28)15-25-13-12-17-10-11-21(29-3)22(14-17)30-4/h6-11,14,25H,5,12-13,15H2,1-4H3,(H,26,27,28)/p+1. The van der Waals surface area contributed by atoms with Gasteiger partial charge in [0.05, 0.1) is 32.0 Å². The normalized spacial score (nSPS) is 10.8. The molecule has 0 fully saturated rings. The number of hydrogen-bond donors (Lipinski definition) is 2. The van der Waals surface area contributed by atoms with Crippen molar-refractivity contribution in [3.63, 3.8) is 0 Å². The van der Waals surface area contributed by atoms with E-state index in [1.165, 1.54) is 0 Å². The van der Waals surface area contributed by atoms with Gasteiger partial charge in [-0.3, -0.25) is 9.78 Å². The average Bonchev–Trinajstić information content (AvgIpc) is 2.78. The molecule has 30 heavy (non-hydrogen) atoms. The first-order valence-electron chi connectivity index (χ1n) is 10.3. The molecule has 1 aromatic heterocycles. The minimum atomic E-state index is -0.0104. The summed E-state index contributed by atoms with van der Waals surface area (Å²) in [6.07, 6.45) is 1.67. The zero-order valence-electron chi connectivity index (χ0n) is 18.1. The van der Waals surface area contributed by atoms with Crippen LogP contribution in [0.4, 0.5) is 5.69 Å². The molecule has 3 aromatic rings. The highest BCUT2D eigenvalue weighted by Gasteiger charge is 2.14. The van der Waals surface area contributed by atoms with Crippen LogP contribution >= 0.6 is 0 Å². The molecule has 0 aliphatic rings. The van der Waals surface area contributed by atoms with E-state index < -0.39 is 0 Å². The molecular formula is C24H30N3O3+. The second-order valence-electron chi connectivity index (χ2n) is 7.20. The minimum absolute atomic E-state index is 0.0104. The van der Waals surface area contributed by atoms with Gasteiger partial charge in [0.1, 0.15) is 0 Å². The number of aryl methyl sites for hydroxylation is 1. The van der Waals surface area contributed by atoms with Crippen LogP contribution in [0.1, 0.15) is 23.7 Å². The second-order valence-corrected chi connectivity index (χ2v) is 7.20. The molecule has 1 heterocycles. The Labute approximate surface area is 177 Å². The lowest BCUT2D eigenvalue weighted by Gasteiger charge is -2.14. The molecule has 1 amide bonds. The summed E-state index contributed by atoms with van der Waals surface area (Å²) in [6, 6.07) is 13.8. The van der Waals surface area contributed by atoms with E-state index in [0.717, 1.165) is 64.3 Å². The Bertz CT molecular complexity index is 1030. The minimum Gasteiger partial charge on any atom is -0.493 e. The quantitative estimate of drug-likeness (QED) is 0.534. The van der Waals surface area contributed by atoms with Crippen molar-refractivity contribution < 1.29 is 19.6 Å². The zero-order valence-corrected chi connectivity index (χ0v) is 18.1. The lowest BCUT2D eigenvalue weighted by Crippen LogP contribution is -2.86. The number of nitrogens with zero attached hydrogens (tertiary/aromatic N) is 1. The summed E-state index contributed by atoms with van der Waals surface area (Å²) >= 11 is 0. The Balaban J connectivity index is 1.60. The van der Waals surface area contributed by atoms with Crippen LogP contribution in [0.15, 0.2) is 42.5 Å². The van der Waals surface area contributed by atoms with Crippen LogP contribution in [-0.2, 0) is 17.6 Å². The highest BCUT2D eigenvalue weighted by atomic mass is 16.5. The number of nitrogens with two attached hydrogens (primary N) is 1. The van der Waals surface area contributed by atoms with E-state index in [-0.39, 0.29) is 5.91 Å². The zero-order chi connectivity index (χ0) is 21.5. The summed E-state index contributed by atoms with van der Waals surface area (Å²) in [7, 11) is 3.26. The maximum absolute atomic E-state index is 12.6. The number of amides is 1. The van der Waals surface area contributed by atoms with Gasteiger partial charge in [0.2, 0.25) is 0 Å². The number of para-hydroxylation sites is 1. The molecule has 0 saturated carbocycles. The number of nitrogens with one attached hydrogen (secondary N) is 1. The summed E-state index contributed by atoms with van der Waals surface area (Å²) in [6.45, 7) is 5.27. The number of hydrogen-bond acceptors (Lipinski definition) is 4. The van der Waals surface area contributed by atoms with E-state index >= 15 is 0 Å². The van der Waals surface area contributed by atoms with Crippen molar-refractivity contribution in [2.24, 2.45) is 0 Å². The lowest BCUT2D eigenvalue weighted by molar-refractivity contribution is -0.643. The topological polar surface area (TPSA) is 77.1 Å². The van der Waals surface area contributed by atoms with Crippen LogP contribution < -0.4 is 20.1 Å². The predicted octanol–water partition coefficient (Wildman–Crippen LogP) is 2.87. The molecular weight excluding hydrogens is 378 g/mol. The van der Waals surface area contributed by atoms with Crippen molar-refractivity contribution in [2.45, 2.75) is 26.7 Å². The third-order valence-corrected chi connectivity index (χ3v) is 5.25. The van der Waals surface area contributed by atoms with Crippen LogP contribution in [0.25, 0.3) is 10.9 Å². The summed E-state index contributed by atoms with van der Waals surface area (Å²) in [5, 5.41) is 6.11. The van der Waals surface area contributed by atoms with E-state index in [1.54, 1.807) is 14.2 Å². The fraction of sp³-hybridized carbons (Fsp3) is 0.333. The molecule has 0 unspecified atom stereocenters. The molecule has 3 rings (SSSR count). The number of aromatic nitrogens is 1. The smallest absolute Gasteiger partial charge is 0.279 e. The van der Waals surface area contributed by atoms with E-state index in [1.807, 2.05) is 54.7 Å². The Morgan fingerprint density at radius 2 is 1.87 bits per heavy atom. The number of carbonyl (C=O) groups excluding carboxylic acids is 1. The third kappa shape index (κ3) is 4.89. The monoisotopic (exact) mass is 408 g/mol. The van der Waals surface area contributed by atoms with Crippen LogP contribution in [0.5, 0.6) is 11.5 Å². The molecule has 0 aliphatic carbocycles. The molecule has 0 saturated heterocycles. The number of rotatable bonds is 9. The van der Waals surface area contributed by atoms with Crippen LogP contribution in [0, 0.1) is 6.92 Å². The van der Waals surface area contributed by atoms with Crippen molar-refractivity contribution in [2.75, 3.05) is 32.6 Å². The van der Waals surface area contributed by atoms with Crippen molar-refractivity contribution in [1.82, 2.24) is 4.98 Å². The van der Waals surface area contributed by atoms with Crippen molar-refractivity contribution in [3.05, 3.63) is 59.3 Å². The van der Waals surface area contributed by atoms with Gasteiger partial charge in [-0.15, -0.1) is 0 Å². The maximum Gasteiger partial charge on any atom is 0.279 e. The van der Waals surface area contributed by atoms with E-state index in [2.05, 4.69) is 12.2 Å². The number of quaternary nitrogens is 1. The summed E-state index contributed by atoms with van der Waals surface area (Å²) in [4.78, 5) is 17.3. The molecule has 0 radical (unpaired) electrons. The Morgan fingerprint density at radius 1 is 1.10 bits per heavy atom. The highest BCUT2D eigenvalue weighted by Crippen LogP contribution is 2.28. The Morgan fingerprint density at radius 3 is 2.60 bits per heavy atom. The number of methoxy groups -OCH3 is 2. The van der Waals surface area contributed by atoms with Crippen molar-refractivity contribution in [1.29, 1.82) is 0 Å². The second kappa shape index (κ2) is 10.1. The van der Waals surface area contributed by atoms with Gasteiger partial charge in [0.15, 0.2) is 18.0 Å². The molecule has 0 bridgehead atoms. The fourth-order valence-electron chi connectivity index (χ4n) is 3.59. The highest BCUT2D eigenvalue weighted by molar-refractivity contribution is 6.02. The van der Waals surface area contributed by atoms with Gasteiger partial charge in [-0.2, -0.15) is 0 Å². The van der Waals surface area contributed by atoms with E-state index in [9.17, 15) is 4.79 Å². The van der Waals surface area contributed by atoms with Crippen molar-refractivity contribution >= 4 is 22.5 Å². The summed E-state index contributed by atoms with van der Waals surface area (Å²) in [5.41, 5.74) is 4.98. The Hall–Kier alpha value is -3.12. The van der Waals surface area contributed by atoms with Gasteiger partial charge in [-0.25, -0.2) is 0 Å². The first kappa shape index (κ1) is 21.6. The average molecular weight is 409 g/mol. The third-order valence-electron chi connectivity index (χ3n) is 5.25. The van der Waals surface area contributed by atoms with Gasteiger partial charge in [-0.1, -0.05) is 31.2 Å². The van der Waals surface area contributed by atoms with Crippen LogP contribution in [0.2, 0.25) is 0 Å². The molecule has 0 atom stereocenters. The van der Waals surface area contributed by atoms with Crippen molar-refractivity contribution in [3.8, 4) is 11.5 Å². The van der Waals surface area contributed by atoms with E-state index in [0.29, 0.717) is 6.54 Å². The lowest BCUT2D eigenvalue weighted by atomic mass is 10.1. The Kier molecular flexibility index (Phi) is 7.25. The molecule has 6 nitrogen and oxygen atoms in total. The molecule has 2 aromatic carbocycles. The van der Waals surface area contributed by atoms with Gasteiger partial charge >= 0.3 is 0 Å². The first-order chi connectivity index (χ1) is 14.6. The van der Waals surface area contributed by atoms with Gasteiger partial charge in [-0.05, 0) is 42.7 Å². The molecule has 158 valence electrons. The number of anilines is 1. The SMILES string of the molecule is CCc1nc2ccccc2c(NC(=O)C[NH2+]CCc2ccc(OC)c(OC)c2)c1C. The van der Waals surface area contributed by atoms with Gasteiger partial charge < -0.3 is 20.1 Å². The largest absolute Gasteiger partial charge is 0.493 e.